The summed E-state index contributed by atoms with van der Waals surface area (Å²) in [4.78, 5) is 26.2. The maximum Gasteiger partial charge on any atom is 0.296 e. The summed E-state index contributed by atoms with van der Waals surface area (Å²) in [6, 6.07) is 11.8. The topological polar surface area (TPSA) is 180 Å². The van der Waals surface area contributed by atoms with E-state index in [0.717, 1.165) is 50.3 Å². The molecule has 2 aliphatic rings. The Labute approximate surface area is 224 Å². The normalized spacial score (nSPS) is 16.3. The minimum atomic E-state index is -4.98. The molecule has 0 amide bonds. The number of rotatable bonds is 6. The van der Waals surface area contributed by atoms with Crippen LogP contribution in [0.15, 0.2) is 74.6 Å². The van der Waals surface area contributed by atoms with Gasteiger partial charge in [0.25, 0.3) is 20.2 Å². The molecule has 202 valence electrons. The van der Waals surface area contributed by atoms with Crippen LogP contribution in [0.2, 0.25) is 0 Å². The van der Waals surface area contributed by atoms with Crippen molar-refractivity contribution in [3.63, 3.8) is 0 Å². The number of azo groups is 1. The van der Waals surface area contributed by atoms with Crippen LogP contribution in [0.1, 0.15) is 63.9 Å². The van der Waals surface area contributed by atoms with E-state index in [1.165, 1.54) is 24.3 Å². The molecule has 3 aromatic rings. The third kappa shape index (κ3) is 5.26. The minimum absolute atomic E-state index is 0.0379. The van der Waals surface area contributed by atoms with Gasteiger partial charge < -0.3 is 5.32 Å². The lowest BCUT2D eigenvalue weighted by molar-refractivity contribution is 0.0980. The van der Waals surface area contributed by atoms with E-state index in [1.54, 1.807) is 12.1 Å². The Kier molecular flexibility index (Phi) is 6.93. The number of fused-ring (bicyclic) bond motifs is 2. The summed E-state index contributed by atoms with van der Waals surface area (Å²) in [7, 11) is -9.55. The molecule has 0 radical (unpaired) electrons. The van der Waals surface area contributed by atoms with Crippen molar-refractivity contribution >= 4 is 48.9 Å². The van der Waals surface area contributed by atoms with E-state index in [2.05, 4.69) is 15.5 Å². The van der Waals surface area contributed by atoms with Crippen molar-refractivity contribution < 1.29 is 35.5 Å². The molecule has 11 nitrogen and oxygen atoms in total. The Morgan fingerprint density at radius 1 is 0.744 bits per heavy atom. The van der Waals surface area contributed by atoms with Crippen molar-refractivity contribution in [2.24, 2.45) is 10.2 Å². The van der Waals surface area contributed by atoms with Gasteiger partial charge in [0.2, 0.25) is 0 Å². The van der Waals surface area contributed by atoms with E-state index >= 15 is 0 Å². The van der Waals surface area contributed by atoms with Gasteiger partial charge in [0.15, 0.2) is 11.6 Å². The molecule has 0 aliphatic heterocycles. The summed E-state index contributed by atoms with van der Waals surface area (Å²) in [5, 5.41) is 11.0. The second-order valence-electron chi connectivity index (χ2n) is 9.35. The first-order valence-electron chi connectivity index (χ1n) is 12.1. The summed E-state index contributed by atoms with van der Waals surface area (Å²) in [5.74, 6) is -1.21. The van der Waals surface area contributed by atoms with Crippen LogP contribution < -0.4 is 5.32 Å². The molecule has 0 heterocycles. The standard InChI is InChI=1S/C26H23N3O8S2/c30-25-18-11-4-5-12-19(18)26(31)23-22(25)20(27-15-7-2-1-3-8-15)14-21(39(35,36)37)24(23)29-28-16-9-6-10-17(13-16)38(32,33)34/h4-6,9-15,27H,1-3,7-8H2,(H,32,33,34)(H,35,36,37)/b29-28-. The fourth-order valence-corrected chi connectivity index (χ4v) is 6.12. The average molecular weight is 570 g/mol. The van der Waals surface area contributed by atoms with E-state index in [9.17, 15) is 35.5 Å². The lowest BCUT2D eigenvalue weighted by Gasteiger charge is -2.28. The van der Waals surface area contributed by atoms with Crippen LogP contribution in [0.25, 0.3) is 0 Å². The number of nitrogens with zero attached hydrogens (tertiary/aromatic N) is 2. The van der Waals surface area contributed by atoms with Crippen LogP contribution in [-0.4, -0.2) is 43.5 Å². The smallest absolute Gasteiger partial charge is 0.296 e. The molecule has 0 bridgehead atoms. The number of hydrogen-bond donors (Lipinski definition) is 3. The first-order valence-corrected chi connectivity index (χ1v) is 15.0. The molecular formula is C26H23N3O8S2. The number of hydrogen-bond acceptors (Lipinski definition) is 9. The number of benzene rings is 3. The second kappa shape index (κ2) is 10.1. The molecule has 0 saturated heterocycles. The second-order valence-corrected chi connectivity index (χ2v) is 12.2. The Hall–Kier alpha value is -3.78. The minimum Gasteiger partial charge on any atom is -0.382 e. The molecule has 2 aliphatic carbocycles. The summed E-state index contributed by atoms with van der Waals surface area (Å²) in [5.41, 5.74) is -0.823. The predicted molar refractivity (Wildman–Crippen MR) is 140 cm³/mol. The van der Waals surface area contributed by atoms with Gasteiger partial charge in [-0.25, -0.2) is 0 Å². The van der Waals surface area contributed by atoms with Gasteiger partial charge in [-0.1, -0.05) is 49.6 Å². The molecule has 0 aromatic heterocycles. The third-order valence-corrected chi connectivity index (χ3v) is 8.48. The number of carbonyl (C=O) groups is 2. The predicted octanol–water partition coefficient (Wildman–Crippen LogP) is 5.12. The first kappa shape index (κ1) is 26.8. The molecular weight excluding hydrogens is 546 g/mol. The van der Waals surface area contributed by atoms with Gasteiger partial charge in [-0.2, -0.15) is 21.9 Å². The Morgan fingerprint density at radius 2 is 1.38 bits per heavy atom. The monoisotopic (exact) mass is 569 g/mol. The van der Waals surface area contributed by atoms with Crippen LogP contribution in [0.5, 0.6) is 0 Å². The fraction of sp³-hybridized carbons (Fsp3) is 0.231. The Morgan fingerprint density at radius 3 is 2.00 bits per heavy atom. The van der Waals surface area contributed by atoms with E-state index in [4.69, 9.17) is 0 Å². The van der Waals surface area contributed by atoms with Gasteiger partial charge in [0, 0.05) is 22.9 Å². The molecule has 39 heavy (non-hydrogen) atoms. The van der Waals surface area contributed by atoms with Crippen LogP contribution >= 0.6 is 0 Å². The number of nitrogens with one attached hydrogen (secondary N) is 1. The first-order chi connectivity index (χ1) is 18.4. The van der Waals surface area contributed by atoms with Crippen molar-refractivity contribution in [2.45, 2.75) is 47.9 Å². The molecule has 0 spiro atoms. The molecule has 13 heteroatoms. The molecule has 5 rings (SSSR count). The van der Waals surface area contributed by atoms with Crippen molar-refractivity contribution in [3.8, 4) is 0 Å². The van der Waals surface area contributed by atoms with Gasteiger partial charge >= 0.3 is 0 Å². The van der Waals surface area contributed by atoms with E-state index in [0.29, 0.717) is 0 Å². The van der Waals surface area contributed by atoms with Crippen molar-refractivity contribution in [1.29, 1.82) is 0 Å². The highest BCUT2D eigenvalue weighted by molar-refractivity contribution is 7.86. The zero-order valence-electron chi connectivity index (χ0n) is 20.4. The third-order valence-electron chi connectivity index (χ3n) is 6.76. The van der Waals surface area contributed by atoms with E-state index in [1.807, 2.05) is 0 Å². The zero-order valence-corrected chi connectivity index (χ0v) is 22.0. The number of carbonyl (C=O) groups excluding carboxylic acids is 2. The number of ketones is 2. The van der Waals surface area contributed by atoms with Crippen molar-refractivity contribution in [2.75, 3.05) is 5.32 Å². The zero-order chi connectivity index (χ0) is 27.9. The van der Waals surface area contributed by atoms with Gasteiger partial charge in [0.1, 0.15) is 10.6 Å². The van der Waals surface area contributed by atoms with Gasteiger partial charge in [0.05, 0.1) is 21.7 Å². The van der Waals surface area contributed by atoms with E-state index < -0.39 is 47.3 Å². The van der Waals surface area contributed by atoms with Crippen molar-refractivity contribution in [1.82, 2.24) is 0 Å². The quantitative estimate of drug-likeness (QED) is 0.210. The molecule has 0 atom stereocenters. The summed E-state index contributed by atoms with van der Waals surface area (Å²) < 4.78 is 67.6. The Balaban J connectivity index is 1.75. The van der Waals surface area contributed by atoms with Crippen LogP contribution in [0.3, 0.4) is 0 Å². The lowest BCUT2D eigenvalue weighted by atomic mass is 9.82. The Bertz CT molecular complexity index is 1760. The van der Waals surface area contributed by atoms with Crippen LogP contribution in [-0.2, 0) is 20.2 Å². The summed E-state index contributed by atoms with van der Waals surface area (Å²) >= 11 is 0. The highest BCUT2D eigenvalue weighted by atomic mass is 32.2. The molecule has 3 N–H and O–H groups in total. The van der Waals surface area contributed by atoms with Crippen LogP contribution in [0, 0.1) is 0 Å². The lowest BCUT2D eigenvalue weighted by Crippen LogP contribution is -2.27. The maximum atomic E-state index is 13.7. The SMILES string of the molecule is O=C1c2ccccc2C(=O)c2c(/N=N\c3cccc(S(=O)(=O)O)c3)c(S(=O)(=O)O)cc(NC3CCCCC3)c21. The summed E-state index contributed by atoms with van der Waals surface area (Å²) in [6.45, 7) is 0. The highest BCUT2D eigenvalue weighted by Crippen LogP contribution is 2.43. The molecule has 1 fully saturated rings. The summed E-state index contributed by atoms with van der Waals surface area (Å²) in [6.07, 6.45) is 4.49. The highest BCUT2D eigenvalue weighted by Gasteiger charge is 2.38. The number of anilines is 1. The van der Waals surface area contributed by atoms with Gasteiger partial charge in [-0.3, -0.25) is 18.7 Å². The molecule has 0 unspecified atom stereocenters. The van der Waals surface area contributed by atoms with E-state index in [-0.39, 0.29) is 39.7 Å². The average Bonchev–Trinajstić information content (AvgIpc) is 2.90. The largest absolute Gasteiger partial charge is 0.382 e. The van der Waals surface area contributed by atoms with Gasteiger partial charge in [-0.05, 0) is 37.1 Å². The van der Waals surface area contributed by atoms with Gasteiger partial charge in [-0.15, -0.1) is 5.11 Å². The molecule has 1 saturated carbocycles. The van der Waals surface area contributed by atoms with Crippen molar-refractivity contribution in [3.05, 3.63) is 76.9 Å². The maximum absolute atomic E-state index is 13.7. The van der Waals surface area contributed by atoms with Crippen LogP contribution in [0.4, 0.5) is 17.1 Å². The fourth-order valence-electron chi connectivity index (χ4n) is 4.94. The molecule has 3 aromatic carbocycles.